The van der Waals surface area contributed by atoms with Crippen molar-refractivity contribution in [2.24, 2.45) is 0 Å². The predicted molar refractivity (Wildman–Crippen MR) is 146 cm³/mol. The second-order valence-corrected chi connectivity index (χ2v) is 11.7. The molecular weight excluding hydrogens is 512 g/mol. The van der Waals surface area contributed by atoms with Crippen molar-refractivity contribution in [1.29, 1.82) is 0 Å². The SMILES string of the molecule is CN1C(=O)[C@@]2(c3cc(Cl)ccc31)N(C)C[C@H](c1ccccn1)[C@@]21SC(=S)N(Cc2ccccc2)C1=O. The molecule has 0 bridgehead atoms. The molecule has 1 aromatic heterocycles. The number of hydrogen-bond donors (Lipinski definition) is 0. The van der Waals surface area contributed by atoms with Crippen molar-refractivity contribution in [3.8, 4) is 0 Å². The Hall–Kier alpha value is -2.78. The van der Waals surface area contributed by atoms with Crippen LogP contribution in [0.25, 0.3) is 0 Å². The van der Waals surface area contributed by atoms with Crippen LogP contribution in [0.15, 0.2) is 72.9 Å². The van der Waals surface area contributed by atoms with Crippen LogP contribution in [0, 0.1) is 0 Å². The fraction of sp³-hybridized carbons (Fsp3) is 0.259. The van der Waals surface area contributed by atoms with E-state index in [0.717, 1.165) is 22.5 Å². The molecule has 4 heterocycles. The number of hydrogen-bond acceptors (Lipinski definition) is 6. The highest BCUT2D eigenvalue weighted by molar-refractivity contribution is 8.25. The molecule has 2 spiro atoms. The summed E-state index contributed by atoms with van der Waals surface area (Å²) in [5, 5.41) is 0.514. The fourth-order valence-corrected chi connectivity index (χ4v) is 8.40. The Kier molecular flexibility index (Phi) is 5.50. The van der Waals surface area contributed by atoms with E-state index >= 15 is 0 Å². The molecule has 0 unspecified atom stereocenters. The van der Waals surface area contributed by atoms with Gasteiger partial charge in [0.15, 0.2) is 5.54 Å². The smallest absolute Gasteiger partial charge is 0.254 e. The monoisotopic (exact) mass is 534 g/mol. The zero-order valence-corrected chi connectivity index (χ0v) is 22.1. The van der Waals surface area contributed by atoms with Gasteiger partial charge in [-0.1, -0.05) is 72.0 Å². The highest BCUT2D eigenvalue weighted by Gasteiger charge is 2.78. The minimum Gasteiger partial charge on any atom is -0.313 e. The highest BCUT2D eigenvalue weighted by Crippen LogP contribution is 2.66. The standard InChI is InChI=1S/C27H23ClN4O2S2/c1-30-16-20(21-10-6-7-13-29-21)27(24(34)32(25(35)36-27)15-17-8-4-3-5-9-17)26(30)19-14-18(28)11-12-22(19)31(2)23(26)33/h3-14,20H,15-16H2,1-2H3/t20-,26-,27+/m1/s1. The molecule has 2 fully saturated rings. The largest absolute Gasteiger partial charge is 0.313 e. The van der Waals surface area contributed by atoms with Gasteiger partial charge in [-0.25, -0.2) is 0 Å². The third kappa shape index (κ3) is 2.96. The van der Waals surface area contributed by atoms with Crippen molar-refractivity contribution in [2.45, 2.75) is 22.7 Å². The number of fused-ring (bicyclic) bond motifs is 3. The molecule has 0 aliphatic carbocycles. The Morgan fingerprint density at radius 2 is 1.81 bits per heavy atom. The second-order valence-electron chi connectivity index (χ2n) is 9.40. The maximum absolute atomic E-state index is 14.7. The van der Waals surface area contributed by atoms with E-state index in [0.29, 0.717) is 22.4 Å². The average Bonchev–Trinajstić information content (AvgIpc) is 3.38. The minimum atomic E-state index is -1.29. The van der Waals surface area contributed by atoms with Gasteiger partial charge in [-0.2, -0.15) is 0 Å². The first-order valence-electron chi connectivity index (χ1n) is 11.6. The van der Waals surface area contributed by atoms with Crippen molar-refractivity contribution < 1.29 is 9.59 Å². The molecule has 6 rings (SSSR count). The van der Waals surface area contributed by atoms with E-state index < -0.39 is 10.3 Å². The van der Waals surface area contributed by atoms with Crippen molar-refractivity contribution in [2.75, 3.05) is 25.5 Å². The van der Waals surface area contributed by atoms with Crippen LogP contribution < -0.4 is 4.90 Å². The van der Waals surface area contributed by atoms with Crippen LogP contribution in [0.4, 0.5) is 5.69 Å². The molecule has 3 aromatic rings. The van der Waals surface area contributed by atoms with Gasteiger partial charge in [0.25, 0.3) is 5.91 Å². The summed E-state index contributed by atoms with van der Waals surface area (Å²) in [6.07, 6.45) is 1.73. The number of thioether (sulfide) groups is 1. The quantitative estimate of drug-likeness (QED) is 0.463. The normalized spacial score (nSPS) is 27.6. The van der Waals surface area contributed by atoms with Gasteiger partial charge in [0.1, 0.15) is 9.07 Å². The number of likely N-dealkylation sites (N-methyl/N-ethyl adjacent to an activating group) is 2. The Morgan fingerprint density at radius 3 is 2.53 bits per heavy atom. The number of rotatable bonds is 3. The van der Waals surface area contributed by atoms with Crippen molar-refractivity contribution in [1.82, 2.24) is 14.8 Å². The molecule has 3 atom stereocenters. The van der Waals surface area contributed by atoms with Gasteiger partial charge in [0, 0.05) is 47.7 Å². The molecule has 3 aliphatic rings. The molecule has 0 saturated carbocycles. The van der Waals surface area contributed by atoms with Crippen molar-refractivity contribution in [3.63, 3.8) is 0 Å². The molecule has 9 heteroatoms. The molecule has 182 valence electrons. The Balaban J connectivity index is 1.60. The highest BCUT2D eigenvalue weighted by atomic mass is 35.5. The average molecular weight is 535 g/mol. The number of carbonyl (C=O) groups excluding carboxylic acids is 2. The number of aromatic nitrogens is 1. The maximum Gasteiger partial charge on any atom is 0.254 e. The molecule has 0 radical (unpaired) electrons. The lowest BCUT2D eigenvalue weighted by atomic mass is 9.72. The number of halogens is 1. The van der Waals surface area contributed by atoms with Gasteiger partial charge in [-0.3, -0.25) is 24.4 Å². The zero-order valence-electron chi connectivity index (χ0n) is 19.7. The molecule has 2 amide bonds. The van der Waals surface area contributed by atoms with Crippen LogP contribution in [0.2, 0.25) is 5.02 Å². The molecule has 36 heavy (non-hydrogen) atoms. The van der Waals surface area contributed by atoms with Crippen LogP contribution in [0.1, 0.15) is 22.7 Å². The van der Waals surface area contributed by atoms with Crippen molar-refractivity contribution >= 4 is 57.4 Å². The summed E-state index contributed by atoms with van der Waals surface area (Å²) in [5.41, 5.74) is 1.92. The first-order chi connectivity index (χ1) is 17.3. The molecule has 0 N–H and O–H groups in total. The topological polar surface area (TPSA) is 56.8 Å². The van der Waals surface area contributed by atoms with E-state index in [2.05, 4.69) is 4.98 Å². The van der Waals surface area contributed by atoms with Gasteiger partial charge in [-0.05, 0) is 42.9 Å². The maximum atomic E-state index is 14.7. The number of carbonyl (C=O) groups is 2. The summed E-state index contributed by atoms with van der Waals surface area (Å²) in [5.74, 6) is -0.705. The van der Waals surface area contributed by atoms with Gasteiger partial charge >= 0.3 is 0 Å². The van der Waals surface area contributed by atoms with Gasteiger partial charge in [0.05, 0.1) is 6.54 Å². The van der Waals surface area contributed by atoms with E-state index in [4.69, 9.17) is 23.8 Å². The van der Waals surface area contributed by atoms with Crippen molar-refractivity contribution in [3.05, 3.63) is 94.8 Å². The number of nitrogens with zero attached hydrogens (tertiary/aromatic N) is 4. The molecule has 2 saturated heterocycles. The van der Waals surface area contributed by atoms with E-state index in [9.17, 15) is 9.59 Å². The number of amides is 2. The number of pyridine rings is 1. The molecular formula is C27H23ClN4O2S2. The Labute approximate surface area is 224 Å². The van der Waals surface area contributed by atoms with Gasteiger partial charge in [-0.15, -0.1) is 0 Å². The van der Waals surface area contributed by atoms with Crippen LogP contribution >= 0.6 is 35.6 Å². The van der Waals surface area contributed by atoms with E-state index in [1.165, 1.54) is 11.8 Å². The summed E-state index contributed by atoms with van der Waals surface area (Å²) in [6.45, 7) is 0.803. The van der Waals surface area contributed by atoms with E-state index in [1.54, 1.807) is 29.1 Å². The lowest BCUT2D eigenvalue weighted by Gasteiger charge is -2.42. The second kappa shape index (κ2) is 8.38. The summed E-state index contributed by atoms with van der Waals surface area (Å²) in [4.78, 5) is 39.0. The number of anilines is 1. The lowest BCUT2D eigenvalue weighted by molar-refractivity contribution is -0.139. The third-order valence-corrected chi connectivity index (χ3v) is 9.82. The number of benzene rings is 2. The van der Waals surface area contributed by atoms with E-state index in [-0.39, 0.29) is 17.7 Å². The number of thiocarbonyl (C=S) groups is 1. The summed E-state index contributed by atoms with van der Waals surface area (Å²) < 4.78 is -0.783. The predicted octanol–water partition coefficient (Wildman–Crippen LogP) is 4.44. The lowest BCUT2D eigenvalue weighted by Crippen LogP contribution is -2.62. The number of likely N-dealkylation sites (tertiary alicyclic amines) is 1. The van der Waals surface area contributed by atoms with E-state index in [1.807, 2.05) is 72.6 Å². The fourth-order valence-electron chi connectivity index (χ4n) is 6.12. The van der Waals surface area contributed by atoms with Crippen LogP contribution in [0.3, 0.4) is 0 Å². The molecule has 6 nitrogen and oxygen atoms in total. The first kappa shape index (κ1) is 23.6. The first-order valence-corrected chi connectivity index (χ1v) is 13.2. The van der Waals surface area contributed by atoms with Gasteiger partial charge < -0.3 is 4.90 Å². The summed E-state index contributed by atoms with van der Waals surface area (Å²) in [6, 6.07) is 20.9. The molecule has 2 aromatic carbocycles. The van der Waals surface area contributed by atoms with Crippen LogP contribution in [0.5, 0.6) is 0 Å². The summed E-state index contributed by atoms with van der Waals surface area (Å²) >= 11 is 13.7. The van der Waals surface area contributed by atoms with Crippen LogP contribution in [-0.4, -0.2) is 56.3 Å². The summed E-state index contributed by atoms with van der Waals surface area (Å²) in [7, 11) is 3.66. The zero-order chi connectivity index (χ0) is 25.2. The molecule has 3 aliphatic heterocycles. The van der Waals surface area contributed by atoms with Crippen LogP contribution in [-0.2, 0) is 21.7 Å². The Bertz CT molecular complexity index is 1410. The third-order valence-electron chi connectivity index (χ3n) is 7.64. The minimum absolute atomic E-state index is 0.161. The van der Waals surface area contributed by atoms with Gasteiger partial charge in [0.2, 0.25) is 5.91 Å². The Morgan fingerprint density at radius 1 is 1.06 bits per heavy atom.